The first-order valence-electron chi connectivity index (χ1n) is 7.64. The molecule has 0 aromatic heterocycles. The molecular formula is C17H24N2O2. The topological polar surface area (TPSA) is 54.3 Å². The second kappa shape index (κ2) is 6.82. The van der Waals surface area contributed by atoms with Crippen LogP contribution in [0.1, 0.15) is 33.6 Å². The van der Waals surface area contributed by atoms with Gasteiger partial charge < -0.3 is 9.47 Å². The van der Waals surface area contributed by atoms with Crippen molar-refractivity contribution in [3.05, 3.63) is 24.3 Å². The lowest BCUT2D eigenvalue weighted by molar-refractivity contribution is 0.192. The molecule has 21 heavy (non-hydrogen) atoms. The Hall–Kier alpha value is -1.73. The Labute approximate surface area is 127 Å². The Bertz CT molecular complexity index is 489. The van der Waals surface area contributed by atoms with Gasteiger partial charge in [-0.2, -0.15) is 5.26 Å². The van der Waals surface area contributed by atoms with Gasteiger partial charge in [-0.25, -0.2) is 0 Å². The molecule has 0 saturated heterocycles. The predicted molar refractivity (Wildman–Crippen MR) is 82.4 cm³/mol. The molecule has 114 valence electrons. The minimum atomic E-state index is -0.577. The van der Waals surface area contributed by atoms with Gasteiger partial charge in [-0.3, -0.25) is 5.32 Å². The van der Waals surface area contributed by atoms with Gasteiger partial charge in [-0.15, -0.1) is 0 Å². The third-order valence-corrected chi connectivity index (χ3v) is 3.62. The first-order valence-corrected chi connectivity index (χ1v) is 7.64. The Balaban J connectivity index is 1.99. The second-order valence-corrected chi connectivity index (χ2v) is 5.85. The molecule has 4 heteroatoms. The van der Waals surface area contributed by atoms with Crippen molar-refractivity contribution < 1.29 is 9.47 Å². The van der Waals surface area contributed by atoms with Crippen molar-refractivity contribution in [2.24, 2.45) is 5.92 Å². The number of nitrogens with zero attached hydrogens (tertiary/aromatic N) is 1. The van der Waals surface area contributed by atoms with E-state index in [9.17, 15) is 5.26 Å². The van der Waals surface area contributed by atoms with E-state index < -0.39 is 5.54 Å². The van der Waals surface area contributed by atoms with Gasteiger partial charge in [0.2, 0.25) is 0 Å². The Morgan fingerprint density at radius 3 is 2.24 bits per heavy atom. The van der Waals surface area contributed by atoms with E-state index in [0.717, 1.165) is 24.3 Å². The molecule has 4 nitrogen and oxygen atoms in total. The largest absolute Gasteiger partial charge is 0.494 e. The number of ether oxygens (including phenoxy) is 2. The van der Waals surface area contributed by atoms with E-state index in [4.69, 9.17) is 9.47 Å². The van der Waals surface area contributed by atoms with Crippen molar-refractivity contribution in [1.82, 2.24) is 5.32 Å². The lowest BCUT2D eigenvalue weighted by Gasteiger charge is -2.30. The summed E-state index contributed by atoms with van der Waals surface area (Å²) in [7, 11) is 0. The van der Waals surface area contributed by atoms with Crippen LogP contribution < -0.4 is 14.8 Å². The van der Waals surface area contributed by atoms with Crippen molar-refractivity contribution in [1.29, 1.82) is 5.26 Å². The third kappa shape index (κ3) is 4.12. The van der Waals surface area contributed by atoms with Crippen LogP contribution in [0, 0.1) is 17.2 Å². The zero-order valence-corrected chi connectivity index (χ0v) is 13.1. The van der Waals surface area contributed by atoms with Crippen molar-refractivity contribution in [2.75, 3.05) is 13.2 Å². The SMILES string of the molecule is CCOc1ccc(OCC(C#N)(NC(C)C)C2CC2)cc1. The van der Waals surface area contributed by atoms with Crippen LogP contribution in [0.25, 0.3) is 0 Å². The molecule has 1 unspecified atom stereocenters. The minimum absolute atomic E-state index is 0.259. The monoisotopic (exact) mass is 288 g/mol. The third-order valence-electron chi connectivity index (χ3n) is 3.62. The second-order valence-electron chi connectivity index (χ2n) is 5.85. The quantitative estimate of drug-likeness (QED) is 0.798. The molecule has 0 bridgehead atoms. The van der Waals surface area contributed by atoms with Crippen molar-refractivity contribution in [3.8, 4) is 17.6 Å². The van der Waals surface area contributed by atoms with Crippen LogP contribution in [0.2, 0.25) is 0 Å². The predicted octanol–water partition coefficient (Wildman–Crippen LogP) is 3.13. The van der Waals surface area contributed by atoms with Crippen molar-refractivity contribution in [3.63, 3.8) is 0 Å². The summed E-state index contributed by atoms with van der Waals surface area (Å²) in [5, 5.41) is 13.0. The average Bonchev–Trinajstić information content (AvgIpc) is 3.30. The summed E-state index contributed by atoms with van der Waals surface area (Å²) in [5.74, 6) is 2.00. The number of hydrogen-bond donors (Lipinski definition) is 1. The Morgan fingerprint density at radius 1 is 1.24 bits per heavy atom. The number of benzene rings is 1. The van der Waals surface area contributed by atoms with Crippen molar-refractivity contribution in [2.45, 2.75) is 45.2 Å². The maximum Gasteiger partial charge on any atom is 0.144 e. The highest BCUT2D eigenvalue weighted by atomic mass is 16.5. The molecule has 0 amide bonds. The Kier molecular flexibility index (Phi) is 5.08. The molecule has 0 aliphatic heterocycles. The molecule has 1 aromatic carbocycles. The maximum atomic E-state index is 9.62. The fourth-order valence-electron chi connectivity index (χ4n) is 2.52. The van der Waals surface area contributed by atoms with E-state index in [1.54, 1.807) is 0 Å². The van der Waals surface area contributed by atoms with Crippen LogP contribution in [-0.2, 0) is 0 Å². The zero-order chi connectivity index (χ0) is 15.3. The fraction of sp³-hybridized carbons (Fsp3) is 0.588. The fourth-order valence-corrected chi connectivity index (χ4v) is 2.52. The van der Waals surface area contributed by atoms with Gasteiger partial charge in [0.1, 0.15) is 23.6 Å². The summed E-state index contributed by atoms with van der Waals surface area (Å²) >= 11 is 0. The van der Waals surface area contributed by atoms with Gasteiger partial charge in [0.25, 0.3) is 0 Å². The molecule has 0 heterocycles. The summed E-state index contributed by atoms with van der Waals surface area (Å²) in [6.45, 7) is 7.10. The van der Waals surface area contributed by atoms with Gasteiger partial charge in [0, 0.05) is 6.04 Å². The number of rotatable bonds is 8. The highest BCUT2D eigenvalue weighted by Gasteiger charge is 2.46. The highest BCUT2D eigenvalue weighted by molar-refractivity contribution is 5.31. The molecule has 0 spiro atoms. The average molecular weight is 288 g/mol. The molecule has 1 aromatic rings. The summed E-state index contributed by atoms with van der Waals surface area (Å²) in [4.78, 5) is 0. The van der Waals surface area contributed by atoms with E-state index in [1.807, 2.05) is 31.2 Å². The van der Waals surface area contributed by atoms with Crippen LogP contribution in [0.4, 0.5) is 0 Å². The van der Waals surface area contributed by atoms with Crippen LogP contribution in [0.3, 0.4) is 0 Å². The number of hydrogen-bond acceptors (Lipinski definition) is 4. The van der Waals surface area contributed by atoms with E-state index in [0.29, 0.717) is 19.1 Å². The number of nitrogens with one attached hydrogen (secondary N) is 1. The van der Waals surface area contributed by atoms with Gasteiger partial charge in [-0.1, -0.05) is 0 Å². The molecule has 1 N–H and O–H groups in total. The lowest BCUT2D eigenvalue weighted by atomic mass is 9.95. The summed E-state index contributed by atoms with van der Waals surface area (Å²) < 4.78 is 11.3. The first kappa shape index (κ1) is 15.7. The Morgan fingerprint density at radius 2 is 1.81 bits per heavy atom. The molecule has 1 atom stereocenters. The van der Waals surface area contributed by atoms with E-state index >= 15 is 0 Å². The van der Waals surface area contributed by atoms with Gasteiger partial charge >= 0.3 is 0 Å². The smallest absolute Gasteiger partial charge is 0.144 e. The van der Waals surface area contributed by atoms with Crippen LogP contribution in [0.15, 0.2) is 24.3 Å². The lowest BCUT2D eigenvalue weighted by Crippen LogP contribution is -2.53. The number of nitriles is 1. The van der Waals surface area contributed by atoms with Crippen LogP contribution in [0.5, 0.6) is 11.5 Å². The van der Waals surface area contributed by atoms with Crippen LogP contribution in [-0.4, -0.2) is 24.8 Å². The van der Waals surface area contributed by atoms with Crippen LogP contribution >= 0.6 is 0 Å². The highest BCUT2D eigenvalue weighted by Crippen LogP contribution is 2.40. The summed E-state index contributed by atoms with van der Waals surface area (Å²) in [5.41, 5.74) is -0.577. The minimum Gasteiger partial charge on any atom is -0.494 e. The summed E-state index contributed by atoms with van der Waals surface area (Å²) in [6.07, 6.45) is 2.19. The van der Waals surface area contributed by atoms with Gasteiger partial charge in [0.15, 0.2) is 0 Å². The van der Waals surface area contributed by atoms with E-state index in [1.165, 1.54) is 0 Å². The maximum absolute atomic E-state index is 9.62. The molecular weight excluding hydrogens is 264 g/mol. The molecule has 2 rings (SSSR count). The molecule has 1 aliphatic carbocycles. The van der Waals surface area contributed by atoms with E-state index in [2.05, 4.69) is 25.2 Å². The van der Waals surface area contributed by atoms with E-state index in [-0.39, 0.29) is 6.04 Å². The standard InChI is InChI=1S/C17H24N2O2/c1-4-20-15-7-9-16(10-8-15)21-12-17(11-18,14-5-6-14)19-13(2)3/h7-10,13-14,19H,4-6,12H2,1-3H3. The molecule has 1 aliphatic rings. The first-order chi connectivity index (χ1) is 10.1. The van der Waals surface area contributed by atoms with Crippen molar-refractivity contribution >= 4 is 0 Å². The molecule has 1 saturated carbocycles. The zero-order valence-electron chi connectivity index (χ0n) is 13.1. The normalized spacial score (nSPS) is 17.1. The van der Waals surface area contributed by atoms with Gasteiger partial charge in [-0.05, 0) is 63.8 Å². The molecule has 0 radical (unpaired) electrons. The van der Waals surface area contributed by atoms with Gasteiger partial charge in [0.05, 0.1) is 12.7 Å². The summed E-state index contributed by atoms with van der Waals surface area (Å²) in [6, 6.07) is 10.3. The molecule has 1 fully saturated rings.